The van der Waals surface area contributed by atoms with Crippen molar-refractivity contribution in [3.8, 4) is 5.75 Å². The molecular formula is C23H32N4O4. The van der Waals surface area contributed by atoms with E-state index in [2.05, 4.69) is 21.3 Å². The zero-order chi connectivity index (χ0) is 22.5. The summed E-state index contributed by atoms with van der Waals surface area (Å²) in [5.41, 5.74) is 2.28. The number of piperidine rings is 1. The third-order valence-corrected chi connectivity index (χ3v) is 5.14. The molecule has 31 heavy (non-hydrogen) atoms. The first-order chi connectivity index (χ1) is 15.1. The lowest BCUT2D eigenvalue weighted by Crippen LogP contribution is -2.51. The van der Waals surface area contributed by atoms with Crippen molar-refractivity contribution < 1.29 is 19.4 Å². The number of aromatic nitrogens is 1. The molecule has 0 bridgehead atoms. The Balaban J connectivity index is 0.00000107. The highest BCUT2D eigenvalue weighted by atomic mass is 16.5. The van der Waals surface area contributed by atoms with E-state index in [0.29, 0.717) is 13.1 Å². The summed E-state index contributed by atoms with van der Waals surface area (Å²) >= 11 is 0. The molecule has 1 aliphatic rings. The lowest BCUT2D eigenvalue weighted by atomic mass is 10.1. The number of hydrogen-bond donors (Lipinski definition) is 2. The monoisotopic (exact) mass is 428 g/mol. The first-order valence-electron chi connectivity index (χ1n) is 10.5. The van der Waals surface area contributed by atoms with Gasteiger partial charge in [-0.15, -0.1) is 0 Å². The minimum absolute atomic E-state index is 0.00134. The second-order valence-corrected chi connectivity index (χ2v) is 7.36. The summed E-state index contributed by atoms with van der Waals surface area (Å²) in [5, 5.41) is 10.1. The molecule has 1 saturated heterocycles. The van der Waals surface area contributed by atoms with Crippen molar-refractivity contribution in [2.75, 3.05) is 26.7 Å². The van der Waals surface area contributed by atoms with Crippen LogP contribution in [0.2, 0.25) is 0 Å². The van der Waals surface area contributed by atoms with Gasteiger partial charge in [0.25, 0.3) is 6.47 Å². The lowest BCUT2D eigenvalue weighted by Gasteiger charge is -2.34. The van der Waals surface area contributed by atoms with Gasteiger partial charge in [-0.25, -0.2) is 4.79 Å². The molecule has 2 heterocycles. The van der Waals surface area contributed by atoms with Crippen LogP contribution in [-0.4, -0.2) is 65.2 Å². The zero-order valence-electron chi connectivity index (χ0n) is 18.2. The van der Waals surface area contributed by atoms with E-state index in [1.54, 1.807) is 13.3 Å². The van der Waals surface area contributed by atoms with Crippen molar-refractivity contribution in [1.82, 2.24) is 20.1 Å². The Morgan fingerprint density at radius 3 is 2.81 bits per heavy atom. The van der Waals surface area contributed by atoms with Crippen LogP contribution in [0.3, 0.4) is 0 Å². The molecule has 1 unspecified atom stereocenters. The largest absolute Gasteiger partial charge is 0.497 e. The van der Waals surface area contributed by atoms with E-state index in [0.717, 1.165) is 43.8 Å². The van der Waals surface area contributed by atoms with E-state index in [1.165, 1.54) is 5.56 Å². The summed E-state index contributed by atoms with van der Waals surface area (Å²) in [6.45, 7) is 5.80. The van der Waals surface area contributed by atoms with Crippen LogP contribution in [-0.2, 0) is 17.9 Å². The molecule has 0 aliphatic carbocycles. The van der Waals surface area contributed by atoms with E-state index in [4.69, 9.17) is 14.6 Å². The van der Waals surface area contributed by atoms with E-state index in [-0.39, 0.29) is 18.5 Å². The highest BCUT2D eigenvalue weighted by molar-refractivity contribution is 5.74. The third kappa shape index (κ3) is 8.25. The van der Waals surface area contributed by atoms with Gasteiger partial charge in [-0.05, 0) is 55.6 Å². The highest BCUT2D eigenvalue weighted by Crippen LogP contribution is 2.16. The molecule has 1 aliphatic heterocycles. The number of carbonyl (C=O) groups is 2. The smallest absolute Gasteiger partial charge is 0.317 e. The number of methoxy groups -OCH3 is 1. The van der Waals surface area contributed by atoms with Gasteiger partial charge in [0.1, 0.15) is 5.75 Å². The molecular weight excluding hydrogens is 396 g/mol. The number of hydrogen-bond acceptors (Lipinski definition) is 5. The number of carbonyl (C=O) groups excluding carboxylic acids is 1. The molecule has 8 nitrogen and oxygen atoms in total. The summed E-state index contributed by atoms with van der Waals surface area (Å²) in [7, 11) is 1.66. The van der Waals surface area contributed by atoms with Crippen molar-refractivity contribution in [2.45, 2.75) is 38.9 Å². The molecule has 0 radical (unpaired) electrons. The van der Waals surface area contributed by atoms with Crippen LogP contribution in [0.1, 0.15) is 30.9 Å². The minimum Gasteiger partial charge on any atom is -0.497 e. The van der Waals surface area contributed by atoms with Crippen molar-refractivity contribution in [2.24, 2.45) is 0 Å². The van der Waals surface area contributed by atoms with E-state index in [9.17, 15) is 4.79 Å². The van der Waals surface area contributed by atoms with Gasteiger partial charge in [0.15, 0.2) is 0 Å². The second kappa shape index (κ2) is 13.2. The van der Waals surface area contributed by atoms with Crippen molar-refractivity contribution in [3.05, 3.63) is 59.9 Å². The molecule has 2 aromatic rings. The second-order valence-electron chi connectivity index (χ2n) is 7.36. The molecule has 168 valence electrons. The molecule has 3 rings (SSSR count). The van der Waals surface area contributed by atoms with Crippen LogP contribution in [0.4, 0.5) is 4.79 Å². The maximum absolute atomic E-state index is 12.8. The van der Waals surface area contributed by atoms with Crippen molar-refractivity contribution in [1.29, 1.82) is 0 Å². The Morgan fingerprint density at radius 2 is 2.13 bits per heavy atom. The molecule has 0 saturated carbocycles. The van der Waals surface area contributed by atoms with Gasteiger partial charge in [0.05, 0.1) is 7.11 Å². The Morgan fingerprint density at radius 1 is 1.35 bits per heavy atom. The number of pyridine rings is 1. The van der Waals surface area contributed by atoms with Crippen molar-refractivity contribution in [3.63, 3.8) is 0 Å². The van der Waals surface area contributed by atoms with Crippen LogP contribution in [0.15, 0.2) is 48.8 Å². The molecule has 1 fully saturated rings. The fourth-order valence-corrected chi connectivity index (χ4v) is 3.65. The van der Waals surface area contributed by atoms with Gasteiger partial charge in [-0.3, -0.25) is 14.7 Å². The number of rotatable bonds is 7. The molecule has 1 atom stereocenters. The molecule has 1 aromatic carbocycles. The predicted molar refractivity (Wildman–Crippen MR) is 119 cm³/mol. The fourth-order valence-electron chi connectivity index (χ4n) is 3.65. The first kappa shape index (κ1) is 24.1. The molecule has 0 spiro atoms. The van der Waals surface area contributed by atoms with Gasteiger partial charge in [0, 0.05) is 44.6 Å². The van der Waals surface area contributed by atoms with E-state index < -0.39 is 0 Å². The molecule has 2 amide bonds. The maximum atomic E-state index is 12.8. The molecule has 2 N–H and O–H groups in total. The third-order valence-electron chi connectivity index (χ3n) is 5.14. The number of amides is 2. The number of urea groups is 1. The van der Waals surface area contributed by atoms with E-state index in [1.807, 2.05) is 48.4 Å². The molecule has 1 aromatic heterocycles. The summed E-state index contributed by atoms with van der Waals surface area (Å²) in [5.74, 6) is 0.812. The number of benzene rings is 1. The van der Waals surface area contributed by atoms with Gasteiger partial charge in [0.2, 0.25) is 0 Å². The Labute approximate surface area is 183 Å². The van der Waals surface area contributed by atoms with Crippen LogP contribution >= 0.6 is 0 Å². The summed E-state index contributed by atoms with van der Waals surface area (Å²) in [6.07, 6.45) is 5.82. The minimum atomic E-state index is -0.250. The average molecular weight is 429 g/mol. The number of ether oxygens (including phenoxy) is 1. The van der Waals surface area contributed by atoms with Crippen molar-refractivity contribution >= 4 is 12.5 Å². The number of nitrogens with one attached hydrogen (secondary N) is 1. The van der Waals surface area contributed by atoms with Crippen LogP contribution in [0, 0.1) is 0 Å². The maximum Gasteiger partial charge on any atom is 0.317 e. The quantitative estimate of drug-likeness (QED) is 0.659. The topological polar surface area (TPSA) is 95.0 Å². The summed E-state index contributed by atoms with van der Waals surface area (Å²) in [4.78, 5) is 29.6. The summed E-state index contributed by atoms with van der Waals surface area (Å²) in [6, 6.07) is 12.1. The SMILES string of the molecule is CCN(Cc1cccc(OC)c1)C(=O)NC1CCCN(Cc2cccnc2)C1.O=CO. The Hall–Kier alpha value is -3.13. The van der Waals surface area contributed by atoms with Crippen LogP contribution in [0.25, 0.3) is 0 Å². The number of carboxylic acid groups (broad SMARTS) is 1. The lowest BCUT2D eigenvalue weighted by molar-refractivity contribution is -0.122. The van der Waals surface area contributed by atoms with Gasteiger partial charge >= 0.3 is 6.03 Å². The number of nitrogens with zero attached hydrogens (tertiary/aromatic N) is 3. The van der Waals surface area contributed by atoms with Gasteiger partial charge < -0.3 is 20.1 Å². The summed E-state index contributed by atoms with van der Waals surface area (Å²) < 4.78 is 5.28. The number of likely N-dealkylation sites (tertiary alicyclic amines) is 1. The predicted octanol–water partition coefficient (Wildman–Crippen LogP) is 2.99. The van der Waals surface area contributed by atoms with Gasteiger partial charge in [-0.1, -0.05) is 18.2 Å². The Kier molecular flexibility index (Phi) is 10.3. The van der Waals surface area contributed by atoms with Crippen LogP contribution in [0.5, 0.6) is 5.75 Å². The average Bonchev–Trinajstić information content (AvgIpc) is 2.79. The Bertz CT molecular complexity index is 803. The fraction of sp³-hybridized carbons (Fsp3) is 0.435. The standard InChI is InChI=1S/C22H30N4O2.CH2O2/c1-3-26(16-18-7-4-10-21(13-18)28-2)22(27)24-20-9-6-12-25(17-20)15-19-8-5-11-23-14-19;2-1-3/h4-5,7-8,10-11,13-14,20H,3,6,9,12,15-17H2,1-2H3,(H,24,27);1H,(H,2,3). The van der Waals surface area contributed by atoms with Gasteiger partial charge in [-0.2, -0.15) is 0 Å². The normalized spacial score (nSPS) is 15.9. The first-order valence-corrected chi connectivity index (χ1v) is 10.5. The van der Waals surface area contributed by atoms with E-state index >= 15 is 0 Å². The zero-order valence-corrected chi connectivity index (χ0v) is 18.2. The van der Waals surface area contributed by atoms with Crippen LogP contribution < -0.4 is 10.1 Å². The highest BCUT2D eigenvalue weighted by Gasteiger charge is 2.23. The molecule has 8 heteroatoms.